The quantitative estimate of drug-likeness (QED) is 0.516. The maximum Gasteiger partial charge on any atom is 0.219 e. The molecule has 4 heterocycles. The first-order chi connectivity index (χ1) is 17.4. The molecule has 36 heavy (non-hydrogen) atoms. The van der Waals surface area contributed by atoms with Crippen LogP contribution < -0.4 is 5.32 Å². The first-order valence-corrected chi connectivity index (χ1v) is 12.8. The molecule has 2 aromatic heterocycles. The van der Waals surface area contributed by atoms with E-state index in [2.05, 4.69) is 35.5 Å². The maximum atomic E-state index is 12.3. The Balaban J connectivity index is 1.57. The normalized spacial score (nSPS) is 17.0. The van der Waals surface area contributed by atoms with E-state index in [-0.39, 0.29) is 5.91 Å². The van der Waals surface area contributed by atoms with Crippen molar-refractivity contribution >= 4 is 22.4 Å². The highest BCUT2D eigenvalue weighted by Crippen LogP contribution is 2.29. The van der Waals surface area contributed by atoms with E-state index in [9.17, 15) is 10.2 Å². The number of hydrogen-bond acceptors (Lipinski definition) is 6. The summed E-state index contributed by atoms with van der Waals surface area (Å²) in [5, 5.41) is 19.4. The molecule has 1 fully saturated rings. The zero-order chi connectivity index (χ0) is 25.2. The first kappa shape index (κ1) is 24.2. The van der Waals surface area contributed by atoms with E-state index in [0.29, 0.717) is 24.8 Å². The second-order valence-electron chi connectivity index (χ2n) is 9.74. The van der Waals surface area contributed by atoms with Gasteiger partial charge in [0.25, 0.3) is 0 Å². The summed E-state index contributed by atoms with van der Waals surface area (Å²) in [7, 11) is 1.90. The van der Waals surface area contributed by atoms with Crippen molar-refractivity contribution in [1.82, 2.24) is 25.0 Å². The number of aromatic nitrogens is 3. The summed E-state index contributed by atoms with van der Waals surface area (Å²) in [5.74, 6) is 0.0420. The molecule has 188 valence electrons. The van der Waals surface area contributed by atoms with Crippen molar-refractivity contribution in [1.29, 1.82) is 5.41 Å². The Morgan fingerprint density at radius 2 is 2.03 bits per heavy atom. The van der Waals surface area contributed by atoms with Gasteiger partial charge in [0.05, 0.1) is 17.6 Å². The van der Waals surface area contributed by atoms with Crippen LogP contribution in [0, 0.1) is 5.41 Å². The summed E-state index contributed by atoms with van der Waals surface area (Å²) in [6.07, 6.45) is 9.15. The van der Waals surface area contributed by atoms with E-state index in [0.717, 1.165) is 77.8 Å². The van der Waals surface area contributed by atoms with Crippen LogP contribution in [-0.4, -0.2) is 63.6 Å². The van der Waals surface area contributed by atoms with Gasteiger partial charge in [-0.1, -0.05) is 13.0 Å². The number of nitrogens with zero attached hydrogens (tertiary/aromatic N) is 4. The highest BCUT2D eigenvalue weighted by Gasteiger charge is 2.27. The van der Waals surface area contributed by atoms with E-state index in [4.69, 9.17) is 9.72 Å². The standard InChI is InChI=1S/C28H34N6O2/c1-4-19-11-20-13-27(21-14-31-33(3)16-21)30-15-24(20)23(12-19)28(29)25-17-34(18(2)35)8-5-26(25)32-22-6-9-36-10-7-22/h11-16,22,29,32H,4-10,17H2,1-3H3. The molecule has 1 saturated heterocycles. The second-order valence-corrected chi connectivity index (χ2v) is 9.74. The third kappa shape index (κ3) is 4.91. The smallest absolute Gasteiger partial charge is 0.219 e. The molecule has 0 aliphatic carbocycles. The van der Waals surface area contributed by atoms with Crippen LogP contribution in [0.3, 0.4) is 0 Å². The fourth-order valence-corrected chi connectivity index (χ4v) is 5.11. The summed E-state index contributed by atoms with van der Waals surface area (Å²) < 4.78 is 7.31. The number of amides is 1. The van der Waals surface area contributed by atoms with Crippen molar-refractivity contribution in [3.63, 3.8) is 0 Å². The second kappa shape index (κ2) is 10.2. The Morgan fingerprint density at radius 1 is 1.22 bits per heavy atom. The third-order valence-corrected chi connectivity index (χ3v) is 7.27. The Labute approximate surface area is 211 Å². The van der Waals surface area contributed by atoms with Gasteiger partial charge in [0, 0.05) is 92.9 Å². The zero-order valence-electron chi connectivity index (χ0n) is 21.3. The van der Waals surface area contributed by atoms with Crippen molar-refractivity contribution in [2.45, 2.75) is 45.6 Å². The van der Waals surface area contributed by atoms with Crippen molar-refractivity contribution in [3.8, 4) is 11.3 Å². The fraction of sp³-hybridized carbons (Fsp3) is 0.429. The fourth-order valence-electron chi connectivity index (χ4n) is 5.11. The molecule has 0 bridgehead atoms. The highest BCUT2D eigenvalue weighted by atomic mass is 16.5. The SMILES string of the molecule is CCc1cc(C(=N)C2=C(NC3CCOCC3)CCN(C(C)=O)C2)c2cnc(-c3cnn(C)c3)cc2c1. The van der Waals surface area contributed by atoms with Gasteiger partial charge in [-0.05, 0) is 42.3 Å². The lowest BCUT2D eigenvalue weighted by atomic mass is 9.90. The summed E-state index contributed by atoms with van der Waals surface area (Å²) >= 11 is 0. The van der Waals surface area contributed by atoms with Crippen molar-refractivity contribution in [3.05, 3.63) is 59.2 Å². The van der Waals surface area contributed by atoms with Gasteiger partial charge in [-0.25, -0.2) is 0 Å². The van der Waals surface area contributed by atoms with Crippen molar-refractivity contribution in [2.24, 2.45) is 7.05 Å². The largest absolute Gasteiger partial charge is 0.385 e. The molecule has 5 rings (SSSR count). The Hall–Kier alpha value is -3.52. The number of rotatable bonds is 6. The number of ether oxygens (including phenoxy) is 1. The topological polar surface area (TPSA) is 96.1 Å². The number of nitrogens with one attached hydrogen (secondary N) is 2. The van der Waals surface area contributed by atoms with E-state index in [1.165, 1.54) is 5.56 Å². The minimum Gasteiger partial charge on any atom is -0.385 e. The lowest BCUT2D eigenvalue weighted by Crippen LogP contribution is -2.43. The van der Waals surface area contributed by atoms with Crippen LogP contribution in [0.2, 0.25) is 0 Å². The molecule has 3 aromatic rings. The average molecular weight is 487 g/mol. The summed E-state index contributed by atoms with van der Waals surface area (Å²) in [5.41, 5.74) is 6.31. The van der Waals surface area contributed by atoms with Gasteiger partial charge in [-0.3, -0.25) is 19.9 Å². The zero-order valence-corrected chi connectivity index (χ0v) is 21.3. The molecular weight excluding hydrogens is 452 g/mol. The molecule has 0 unspecified atom stereocenters. The van der Waals surface area contributed by atoms with Gasteiger partial charge < -0.3 is 15.0 Å². The number of carbonyl (C=O) groups is 1. The number of pyridine rings is 1. The molecule has 2 N–H and O–H groups in total. The van der Waals surface area contributed by atoms with Crippen LogP contribution in [0.5, 0.6) is 0 Å². The summed E-state index contributed by atoms with van der Waals surface area (Å²) in [4.78, 5) is 18.8. The minimum absolute atomic E-state index is 0.0420. The minimum atomic E-state index is 0.0420. The summed E-state index contributed by atoms with van der Waals surface area (Å²) in [6, 6.07) is 6.72. The highest BCUT2D eigenvalue weighted by molar-refractivity contribution is 6.18. The molecule has 0 spiro atoms. The van der Waals surface area contributed by atoms with Gasteiger partial charge >= 0.3 is 0 Å². The van der Waals surface area contributed by atoms with E-state index in [1.54, 1.807) is 11.6 Å². The predicted octanol–water partition coefficient (Wildman–Crippen LogP) is 3.84. The predicted molar refractivity (Wildman–Crippen MR) is 141 cm³/mol. The Morgan fingerprint density at radius 3 is 2.72 bits per heavy atom. The molecule has 0 radical (unpaired) electrons. The molecule has 0 saturated carbocycles. The van der Waals surface area contributed by atoms with E-state index < -0.39 is 0 Å². The van der Waals surface area contributed by atoms with E-state index in [1.807, 2.05) is 30.5 Å². The Bertz CT molecular complexity index is 1340. The number of benzene rings is 1. The molecule has 2 aliphatic heterocycles. The average Bonchev–Trinajstić information content (AvgIpc) is 3.34. The Kier molecular flexibility index (Phi) is 6.87. The molecule has 2 aliphatic rings. The van der Waals surface area contributed by atoms with Crippen LogP contribution in [0.1, 0.15) is 44.2 Å². The maximum absolute atomic E-state index is 12.3. The number of fused-ring (bicyclic) bond motifs is 1. The van der Waals surface area contributed by atoms with Crippen LogP contribution >= 0.6 is 0 Å². The van der Waals surface area contributed by atoms with Crippen LogP contribution in [0.4, 0.5) is 0 Å². The molecular formula is C28H34N6O2. The third-order valence-electron chi connectivity index (χ3n) is 7.27. The lowest BCUT2D eigenvalue weighted by Gasteiger charge is -2.34. The molecule has 8 nitrogen and oxygen atoms in total. The van der Waals surface area contributed by atoms with Crippen molar-refractivity contribution in [2.75, 3.05) is 26.3 Å². The van der Waals surface area contributed by atoms with Gasteiger partial charge in [0.15, 0.2) is 0 Å². The first-order valence-electron chi connectivity index (χ1n) is 12.8. The van der Waals surface area contributed by atoms with Gasteiger partial charge in [0.1, 0.15) is 0 Å². The van der Waals surface area contributed by atoms with Crippen LogP contribution in [-0.2, 0) is 23.0 Å². The lowest BCUT2D eigenvalue weighted by molar-refractivity contribution is -0.128. The molecule has 0 atom stereocenters. The molecule has 1 aromatic carbocycles. The van der Waals surface area contributed by atoms with Crippen LogP contribution in [0.15, 0.2) is 48.1 Å². The van der Waals surface area contributed by atoms with Crippen LogP contribution in [0.25, 0.3) is 22.0 Å². The number of carbonyl (C=O) groups excluding carboxylic acids is 1. The number of hydrogen-bond donors (Lipinski definition) is 2. The monoisotopic (exact) mass is 486 g/mol. The molecule has 8 heteroatoms. The van der Waals surface area contributed by atoms with Gasteiger partial charge in [0.2, 0.25) is 5.91 Å². The van der Waals surface area contributed by atoms with Gasteiger partial charge in [-0.15, -0.1) is 0 Å². The van der Waals surface area contributed by atoms with Crippen molar-refractivity contribution < 1.29 is 9.53 Å². The molecule has 1 amide bonds. The number of aryl methyl sites for hydroxylation is 2. The summed E-state index contributed by atoms with van der Waals surface area (Å²) in [6.45, 7) is 6.36. The van der Waals surface area contributed by atoms with E-state index >= 15 is 0 Å². The van der Waals surface area contributed by atoms with Gasteiger partial charge in [-0.2, -0.15) is 5.10 Å².